The van der Waals surface area contributed by atoms with E-state index in [2.05, 4.69) is 0 Å². The smallest absolute Gasteiger partial charge is 0.395 e. The van der Waals surface area contributed by atoms with E-state index >= 15 is 0 Å². The average Bonchev–Trinajstić information content (AvgIpc) is 2.54. The molecule has 0 bridgehead atoms. The van der Waals surface area contributed by atoms with Gasteiger partial charge in [0.05, 0.1) is 16.0 Å². The molecule has 0 spiro atoms. The van der Waals surface area contributed by atoms with Crippen molar-refractivity contribution in [2.75, 3.05) is 0 Å². The Kier molecular flexibility index (Phi) is 5.91. The van der Waals surface area contributed by atoms with Crippen LogP contribution in [0.3, 0.4) is 0 Å². The van der Waals surface area contributed by atoms with Crippen LogP contribution in [0, 0.1) is 20.2 Å². The topological polar surface area (TPSA) is 131 Å². The standard InChI is InChI=1S/C15H15N2O8P/c1-11(2)23-26(22,24-14-7-3-12(4-8-14)16(18)19)25-15-9-5-13(6-10-15)17(20)21/h3-11H,1-2H3. The summed E-state index contributed by atoms with van der Waals surface area (Å²) in [4.78, 5) is 20.2. The van der Waals surface area contributed by atoms with Gasteiger partial charge in [-0.2, -0.15) is 0 Å². The molecule has 0 N–H and O–H groups in total. The van der Waals surface area contributed by atoms with E-state index in [1.165, 1.54) is 48.5 Å². The maximum Gasteiger partial charge on any atom is 0.587 e. The maximum atomic E-state index is 12.9. The molecule has 0 aliphatic rings. The third-order valence-corrected chi connectivity index (χ3v) is 4.42. The van der Waals surface area contributed by atoms with Crippen LogP contribution in [0.5, 0.6) is 11.5 Å². The fourth-order valence-corrected chi connectivity index (χ4v) is 3.24. The molecule has 2 rings (SSSR count). The van der Waals surface area contributed by atoms with Crippen molar-refractivity contribution < 1.29 is 28.0 Å². The van der Waals surface area contributed by atoms with Crippen molar-refractivity contribution in [1.82, 2.24) is 0 Å². The van der Waals surface area contributed by atoms with Gasteiger partial charge in [-0.25, -0.2) is 4.57 Å². The highest BCUT2D eigenvalue weighted by molar-refractivity contribution is 7.49. The van der Waals surface area contributed by atoms with E-state index in [-0.39, 0.29) is 22.9 Å². The molecular weight excluding hydrogens is 367 g/mol. The van der Waals surface area contributed by atoms with Crippen molar-refractivity contribution in [2.24, 2.45) is 0 Å². The van der Waals surface area contributed by atoms with Gasteiger partial charge in [0.1, 0.15) is 11.5 Å². The third kappa shape index (κ3) is 5.27. The predicted octanol–water partition coefficient (Wildman–Crippen LogP) is 4.49. The van der Waals surface area contributed by atoms with E-state index < -0.39 is 23.8 Å². The Bertz CT molecular complexity index is 772. The molecular formula is C15H15N2O8P. The second kappa shape index (κ2) is 7.94. The minimum absolute atomic E-state index is 0.0431. The number of benzene rings is 2. The van der Waals surface area contributed by atoms with Gasteiger partial charge in [-0.15, -0.1) is 0 Å². The molecule has 0 fully saturated rings. The summed E-state index contributed by atoms with van der Waals surface area (Å²) in [5, 5.41) is 21.3. The number of phosphoric ester groups is 1. The quantitative estimate of drug-likeness (QED) is 0.370. The lowest BCUT2D eigenvalue weighted by Gasteiger charge is -2.20. The molecule has 0 saturated heterocycles. The van der Waals surface area contributed by atoms with Crippen LogP contribution in [-0.2, 0) is 9.09 Å². The first-order valence-corrected chi connectivity index (χ1v) is 8.81. The van der Waals surface area contributed by atoms with Crippen LogP contribution in [0.4, 0.5) is 11.4 Å². The summed E-state index contributed by atoms with van der Waals surface area (Å²) in [6.07, 6.45) is -0.517. The summed E-state index contributed by atoms with van der Waals surface area (Å²) in [6, 6.07) is 9.76. The normalized spacial score (nSPS) is 11.2. The molecule has 0 radical (unpaired) electrons. The highest BCUT2D eigenvalue weighted by Gasteiger charge is 2.32. The Morgan fingerprint density at radius 2 is 1.15 bits per heavy atom. The van der Waals surface area contributed by atoms with Crippen molar-refractivity contribution in [2.45, 2.75) is 20.0 Å². The minimum Gasteiger partial charge on any atom is -0.395 e. The fraction of sp³-hybridized carbons (Fsp3) is 0.200. The summed E-state index contributed by atoms with van der Waals surface area (Å²) in [5.41, 5.74) is -0.318. The lowest BCUT2D eigenvalue weighted by molar-refractivity contribution is -0.385. The molecule has 0 unspecified atom stereocenters. The first kappa shape index (κ1) is 19.4. The lowest BCUT2D eigenvalue weighted by Crippen LogP contribution is -2.10. The van der Waals surface area contributed by atoms with Gasteiger partial charge in [0.2, 0.25) is 0 Å². The van der Waals surface area contributed by atoms with Crippen LogP contribution in [0.15, 0.2) is 48.5 Å². The number of non-ortho nitro benzene ring substituents is 2. The highest BCUT2D eigenvalue weighted by atomic mass is 31.2. The number of rotatable bonds is 8. The number of hydrogen-bond acceptors (Lipinski definition) is 8. The number of nitrogens with zero attached hydrogens (tertiary/aromatic N) is 2. The van der Waals surface area contributed by atoms with Gasteiger partial charge in [-0.1, -0.05) is 0 Å². The molecule has 0 atom stereocenters. The second-order valence-corrected chi connectivity index (χ2v) is 6.76. The molecule has 2 aromatic rings. The van der Waals surface area contributed by atoms with Crippen LogP contribution < -0.4 is 9.05 Å². The Morgan fingerprint density at radius 3 is 1.42 bits per heavy atom. The molecule has 2 aromatic carbocycles. The Labute approximate surface area is 148 Å². The zero-order valence-corrected chi connectivity index (χ0v) is 14.7. The first-order valence-electron chi connectivity index (χ1n) is 7.35. The molecule has 0 aliphatic carbocycles. The zero-order chi connectivity index (χ0) is 19.3. The highest BCUT2D eigenvalue weighted by Crippen LogP contribution is 2.50. The molecule has 0 saturated carbocycles. The van der Waals surface area contributed by atoms with E-state index in [1.54, 1.807) is 13.8 Å². The third-order valence-electron chi connectivity index (χ3n) is 2.87. The molecule has 0 aromatic heterocycles. The number of nitro benzene ring substituents is 2. The Morgan fingerprint density at radius 1 is 0.808 bits per heavy atom. The van der Waals surface area contributed by atoms with E-state index in [1.807, 2.05) is 0 Å². The van der Waals surface area contributed by atoms with Crippen molar-refractivity contribution in [3.05, 3.63) is 68.8 Å². The summed E-state index contributed by atoms with van der Waals surface area (Å²) in [6.45, 7) is 3.23. The summed E-state index contributed by atoms with van der Waals surface area (Å²) >= 11 is 0. The molecule has 138 valence electrons. The largest absolute Gasteiger partial charge is 0.587 e. The molecule has 0 amide bonds. The number of nitro groups is 2. The Hall–Kier alpha value is -2.97. The van der Waals surface area contributed by atoms with Gasteiger partial charge in [0.15, 0.2) is 0 Å². The first-order chi connectivity index (χ1) is 12.2. The van der Waals surface area contributed by atoms with Crippen molar-refractivity contribution in [1.29, 1.82) is 0 Å². The van der Waals surface area contributed by atoms with E-state index in [9.17, 15) is 24.8 Å². The number of phosphoric acid groups is 1. The second-order valence-electron chi connectivity index (χ2n) is 5.29. The van der Waals surface area contributed by atoms with Crippen molar-refractivity contribution in [3.8, 4) is 11.5 Å². The van der Waals surface area contributed by atoms with Crippen LogP contribution >= 0.6 is 7.82 Å². The summed E-state index contributed by atoms with van der Waals surface area (Å²) < 4.78 is 28.7. The van der Waals surface area contributed by atoms with Crippen LogP contribution in [0.2, 0.25) is 0 Å². The van der Waals surface area contributed by atoms with Gasteiger partial charge in [-0.05, 0) is 38.1 Å². The minimum atomic E-state index is -4.14. The Balaban J connectivity index is 2.22. The molecule has 26 heavy (non-hydrogen) atoms. The van der Waals surface area contributed by atoms with Crippen LogP contribution in [0.1, 0.15) is 13.8 Å². The molecule has 10 nitrogen and oxygen atoms in total. The maximum absolute atomic E-state index is 12.9. The summed E-state index contributed by atoms with van der Waals surface area (Å²) in [5.74, 6) is 0.0861. The van der Waals surface area contributed by atoms with Crippen LogP contribution in [0.25, 0.3) is 0 Å². The lowest BCUT2D eigenvalue weighted by atomic mass is 10.3. The monoisotopic (exact) mass is 382 g/mol. The molecule has 11 heteroatoms. The van der Waals surface area contributed by atoms with Gasteiger partial charge >= 0.3 is 7.82 Å². The zero-order valence-electron chi connectivity index (χ0n) is 13.8. The summed E-state index contributed by atoms with van der Waals surface area (Å²) in [7, 11) is -4.14. The molecule has 0 heterocycles. The average molecular weight is 382 g/mol. The SMILES string of the molecule is CC(C)OP(=O)(Oc1ccc([N+](=O)[O-])cc1)Oc1ccc([N+](=O)[O-])cc1. The van der Waals surface area contributed by atoms with E-state index in [0.29, 0.717) is 0 Å². The van der Waals surface area contributed by atoms with Gasteiger partial charge in [-0.3, -0.25) is 24.8 Å². The van der Waals surface area contributed by atoms with E-state index in [0.717, 1.165) is 0 Å². The van der Waals surface area contributed by atoms with Gasteiger partial charge in [0, 0.05) is 24.3 Å². The van der Waals surface area contributed by atoms with Crippen molar-refractivity contribution >= 4 is 19.2 Å². The fourth-order valence-electron chi connectivity index (χ4n) is 1.84. The molecule has 0 aliphatic heterocycles. The number of hydrogen-bond donors (Lipinski definition) is 0. The van der Waals surface area contributed by atoms with Gasteiger partial charge in [0.25, 0.3) is 11.4 Å². The van der Waals surface area contributed by atoms with E-state index in [4.69, 9.17) is 13.6 Å². The van der Waals surface area contributed by atoms with Crippen LogP contribution in [-0.4, -0.2) is 16.0 Å². The van der Waals surface area contributed by atoms with Gasteiger partial charge < -0.3 is 9.05 Å². The van der Waals surface area contributed by atoms with Crippen molar-refractivity contribution in [3.63, 3.8) is 0 Å². The predicted molar refractivity (Wildman–Crippen MR) is 91.3 cm³/mol.